The van der Waals surface area contributed by atoms with E-state index >= 15 is 0 Å². The van der Waals surface area contributed by atoms with Crippen molar-refractivity contribution in [2.45, 2.75) is 19.3 Å². The Morgan fingerprint density at radius 2 is 1.79 bits per heavy atom. The second kappa shape index (κ2) is 7.85. The molecule has 0 aliphatic heterocycles. The van der Waals surface area contributed by atoms with Gasteiger partial charge in [-0.15, -0.1) is 0 Å². The molecular formula is C24H23NO3. The van der Waals surface area contributed by atoms with E-state index in [2.05, 4.69) is 5.32 Å². The van der Waals surface area contributed by atoms with Gasteiger partial charge in [-0.1, -0.05) is 36.4 Å². The average molecular weight is 373 g/mol. The molecular weight excluding hydrogens is 350 g/mol. The Bertz CT molecular complexity index is 1020. The van der Waals surface area contributed by atoms with Crippen LogP contribution in [0.2, 0.25) is 0 Å². The van der Waals surface area contributed by atoms with Crippen molar-refractivity contribution in [3.63, 3.8) is 0 Å². The molecule has 4 heteroatoms. The first-order valence-corrected chi connectivity index (χ1v) is 9.64. The van der Waals surface area contributed by atoms with Crippen molar-refractivity contribution in [3.05, 3.63) is 77.4 Å². The lowest BCUT2D eigenvalue weighted by atomic mass is 9.94. The van der Waals surface area contributed by atoms with Crippen LogP contribution in [0.25, 0.3) is 10.8 Å². The molecule has 0 bridgehead atoms. The van der Waals surface area contributed by atoms with E-state index < -0.39 is 0 Å². The predicted molar refractivity (Wildman–Crippen MR) is 110 cm³/mol. The molecule has 4 nitrogen and oxygen atoms in total. The molecule has 1 N–H and O–H groups in total. The number of ether oxygens (including phenoxy) is 1. The molecule has 0 unspecified atom stereocenters. The Morgan fingerprint density at radius 3 is 2.50 bits per heavy atom. The van der Waals surface area contributed by atoms with Crippen molar-refractivity contribution in [2.75, 3.05) is 13.7 Å². The van der Waals surface area contributed by atoms with E-state index in [1.54, 1.807) is 7.11 Å². The molecule has 1 aliphatic rings. The predicted octanol–water partition coefficient (Wildman–Crippen LogP) is 4.15. The van der Waals surface area contributed by atoms with Crippen molar-refractivity contribution >= 4 is 22.5 Å². The van der Waals surface area contributed by atoms with E-state index in [1.807, 2.05) is 60.7 Å². The third kappa shape index (κ3) is 3.91. The van der Waals surface area contributed by atoms with Crippen LogP contribution in [0.3, 0.4) is 0 Å². The van der Waals surface area contributed by atoms with E-state index in [9.17, 15) is 9.59 Å². The van der Waals surface area contributed by atoms with Crippen molar-refractivity contribution < 1.29 is 14.3 Å². The lowest BCUT2D eigenvalue weighted by molar-refractivity contribution is -0.122. The molecule has 0 radical (unpaired) electrons. The first-order chi connectivity index (χ1) is 13.7. The zero-order valence-electron chi connectivity index (χ0n) is 15.9. The second-order valence-electron chi connectivity index (χ2n) is 7.23. The van der Waals surface area contributed by atoms with Gasteiger partial charge in [0.15, 0.2) is 5.78 Å². The summed E-state index contributed by atoms with van der Waals surface area (Å²) in [7, 11) is 1.64. The number of fused-ring (bicyclic) bond motifs is 1. The summed E-state index contributed by atoms with van der Waals surface area (Å²) >= 11 is 0. The Morgan fingerprint density at radius 1 is 1.00 bits per heavy atom. The number of hydrogen-bond donors (Lipinski definition) is 1. The van der Waals surface area contributed by atoms with Crippen LogP contribution >= 0.6 is 0 Å². The number of carbonyl (C=O) groups excluding carboxylic acids is 2. The summed E-state index contributed by atoms with van der Waals surface area (Å²) in [6, 6.07) is 19.0. The Kier molecular flexibility index (Phi) is 5.11. The second-order valence-corrected chi connectivity index (χ2v) is 7.23. The molecule has 1 aliphatic carbocycles. The molecule has 28 heavy (non-hydrogen) atoms. The average Bonchev–Trinajstić information content (AvgIpc) is 3.58. The van der Waals surface area contributed by atoms with Gasteiger partial charge in [0.25, 0.3) is 0 Å². The fraction of sp³-hybridized carbons (Fsp3) is 0.250. The number of carbonyl (C=O) groups is 2. The lowest BCUT2D eigenvalue weighted by Crippen LogP contribution is -2.27. The minimum atomic E-state index is 0.00147. The van der Waals surface area contributed by atoms with Gasteiger partial charge in [0, 0.05) is 23.6 Å². The van der Waals surface area contributed by atoms with E-state index in [4.69, 9.17) is 4.74 Å². The molecule has 1 amide bonds. The van der Waals surface area contributed by atoms with Gasteiger partial charge in [0.1, 0.15) is 5.75 Å². The molecule has 0 atom stereocenters. The zero-order valence-corrected chi connectivity index (χ0v) is 15.9. The molecule has 1 saturated carbocycles. The minimum Gasteiger partial charge on any atom is -0.497 e. The number of rotatable bonds is 7. The highest BCUT2D eigenvalue weighted by molar-refractivity contribution is 6.11. The van der Waals surface area contributed by atoms with Gasteiger partial charge in [0.2, 0.25) is 5.91 Å². The molecule has 0 heterocycles. The van der Waals surface area contributed by atoms with Gasteiger partial charge < -0.3 is 10.1 Å². The van der Waals surface area contributed by atoms with E-state index in [0.29, 0.717) is 24.1 Å². The molecule has 4 rings (SSSR count). The molecule has 3 aromatic carbocycles. The highest BCUT2D eigenvalue weighted by Gasteiger charge is 2.29. The third-order valence-corrected chi connectivity index (χ3v) is 5.19. The number of benzene rings is 3. The molecule has 1 fully saturated rings. The largest absolute Gasteiger partial charge is 0.497 e. The summed E-state index contributed by atoms with van der Waals surface area (Å²) in [5.41, 5.74) is 2.36. The number of hydrogen-bond acceptors (Lipinski definition) is 3. The smallest absolute Gasteiger partial charge is 0.223 e. The topological polar surface area (TPSA) is 55.4 Å². The summed E-state index contributed by atoms with van der Waals surface area (Å²) < 4.78 is 5.37. The van der Waals surface area contributed by atoms with Crippen LogP contribution < -0.4 is 10.1 Å². The fourth-order valence-electron chi connectivity index (χ4n) is 3.45. The number of ketones is 1. The normalized spacial score (nSPS) is 13.3. The number of amides is 1. The summed E-state index contributed by atoms with van der Waals surface area (Å²) in [5.74, 6) is 1.11. The van der Waals surface area contributed by atoms with Crippen molar-refractivity contribution in [1.82, 2.24) is 5.32 Å². The molecule has 0 saturated heterocycles. The zero-order chi connectivity index (χ0) is 19.5. The van der Waals surface area contributed by atoms with E-state index in [1.165, 1.54) is 0 Å². The maximum absolute atomic E-state index is 13.0. The van der Waals surface area contributed by atoms with Crippen molar-refractivity contribution in [1.29, 1.82) is 0 Å². The first kappa shape index (κ1) is 18.2. The Hall–Kier alpha value is -3.14. The lowest BCUT2D eigenvalue weighted by Gasteiger charge is -2.12. The van der Waals surface area contributed by atoms with Gasteiger partial charge >= 0.3 is 0 Å². The summed E-state index contributed by atoms with van der Waals surface area (Å²) in [4.78, 5) is 24.9. The first-order valence-electron chi connectivity index (χ1n) is 9.64. The molecule has 142 valence electrons. The fourth-order valence-corrected chi connectivity index (χ4v) is 3.45. The van der Waals surface area contributed by atoms with Gasteiger partial charge in [-0.05, 0) is 59.9 Å². The Balaban J connectivity index is 1.66. The van der Waals surface area contributed by atoms with Gasteiger partial charge in [-0.3, -0.25) is 9.59 Å². The summed E-state index contributed by atoms with van der Waals surface area (Å²) in [6.07, 6.45) is 2.65. The van der Waals surface area contributed by atoms with E-state index in [-0.39, 0.29) is 17.6 Å². The van der Waals surface area contributed by atoms with Crippen molar-refractivity contribution in [2.24, 2.45) is 5.92 Å². The number of nitrogens with one attached hydrogen (secondary N) is 1. The van der Waals surface area contributed by atoms with Crippen LogP contribution in [-0.2, 0) is 11.2 Å². The van der Waals surface area contributed by atoms with Crippen molar-refractivity contribution in [3.8, 4) is 5.75 Å². The van der Waals surface area contributed by atoms with Crippen LogP contribution in [0.4, 0.5) is 0 Å². The molecule has 0 spiro atoms. The van der Waals surface area contributed by atoms with Gasteiger partial charge in [-0.2, -0.15) is 0 Å². The minimum absolute atomic E-state index is 0.00147. The highest BCUT2D eigenvalue weighted by atomic mass is 16.5. The maximum Gasteiger partial charge on any atom is 0.223 e. The van der Waals surface area contributed by atoms with Crippen LogP contribution in [0, 0.1) is 5.92 Å². The van der Waals surface area contributed by atoms with Crippen LogP contribution in [-0.4, -0.2) is 25.3 Å². The summed E-state index contributed by atoms with van der Waals surface area (Å²) in [6.45, 7) is 0.560. The number of methoxy groups -OCH3 is 1. The standard InChI is InChI=1S/C24H23NO3/c1-28-21-10-9-18-13-20(23(26)16-5-3-2-4-6-16)14-19(22(18)15-21)11-12-25-24(27)17-7-8-17/h2-6,9-10,13-15,17H,7-8,11-12H2,1H3,(H,25,27). The highest BCUT2D eigenvalue weighted by Crippen LogP contribution is 2.29. The van der Waals surface area contributed by atoms with Crippen LogP contribution in [0.1, 0.15) is 34.3 Å². The SMILES string of the molecule is COc1ccc2cc(C(=O)c3ccccc3)cc(CCNC(=O)C3CC3)c2c1. The van der Waals surface area contributed by atoms with E-state index in [0.717, 1.165) is 34.9 Å². The quantitative estimate of drug-likeness (QED) is 0.633. The molecule has 0 aromatic heterocycles. The monoisotopic (exact) mass is 373 g/mol. The third-order valence-electron chi connectivity index (χ3n) is 5.19. The van der Waals surface area contributed by atoms with Crippen LogP contribution in [0.5, 0.6) is 5.75 Å². The van der Waals surface area contributed by atoms with Crippen LogP contribution in [0.15, 0.2) is 60.7 Å². The van der Waals surface area contributed by atoms with Gasteiger partial charge in [0.05, 0.1) is 7.11 Å². The molecule has 3 aromatic rings. The van der Waals surface area contributed by atoms with Gasteiger partial charge in [-0.25, -0.2) is 0 Å². The Labute approximate surface area is 164 Å². The maximum atomic E-state index is 13.0. The summed E-state index contributed by atoms with van der Waals surface area (Å²) in [5, 5.41) is 5.05.